The predicted molar refractivity (Wildman–Crippen MR) is 145 cm³/mol. The highest BCUT2D eigenvalue weighted by molar-refractivity contribution is 6.09. The summed E-state index contributed by atoms with van der Waals surface area (Å²) in [6, 6.07) is 18.2. The van der Waals surface area contributed by atoms with Crippen molar-refractivity contribution in [3.8, 4) is 0 Å². The number of fused-ring (bicyclic) bond motifs is 1. The predicted octanol–water partition coefficient (Wildman–Crippen LogP) is 4.64. The lowest BCUT2D eigenvalue weighted by Crippen LogP contribution is -2.43. The normalized spacial score (nSPS) is 15.0. The van der Waals surface area contributed by atoms with Gasteiger partial charge in [0.15, 0.2) is 11.4 Å². The van der Waals surface area contributed by atoms with Crippen molar-refractivity contribution >= 4 is 16.9 Å². The molecule has 6 nitrogen and oxygen atoms in total. The van der Waals surface area contributed by atoms with Crippen LogP contribution in [0.5, 0.6) is 0 Å². The topological polar surface area (TPSA) is 54.3 Å². The maximum Gasteiger partial charge on any atom is 0.193 e. The van der Waals surface area contributed by atoms with E-state index in [1.807, 2.05) is 37.3 Å². The third-order valence-electron chi connectivity index (χ3n) is 7.14. The smallest absolute Gasteiger partial charge is 0.193 e. The zero-order valence-corrected chi connectivity index (χ0v) is 21.8. The Balaban J connectivity index is 1.38. The van der Waals surface area contributed by atoms with Gasteiger partial charge in [-0.3, -0.25) is 9.69 Å². The van der Waals surface area contributed by atoms with Crippen molar-refractivity contribution in [2.75, 3.05) is 33.2 Å². The number of hydrogen-bond donors (Lipinski definition) is 0. The van der Waals surface area contributed by atoms with E-state index in [1.54, 1.807) is 0 Å². The van der Waals surface area contributed by atoms with Crippen molar-refractivity contribution in [2.24, 2.45) is 0 Å². The number of aromatic nitrogens is 3. The van der Waals surface area contributed by atoms with E-state index in [-0.39, 0.29) is 5.78 Å². The number of hydrogen-bond acceptors (Lipinski definition) is 5. The summed E-state index contributed by atoms with van der Waals surface area (Å²) in [6.45, 7) is 12.1. The molecule has 0 spiro atoms. The molecule has 0 unspecified atom stereocenters. The van der Waals surface area contributed by atoms with Crippen LogP contribution >= 0.6 is 0 Å². The standard InChI is InChI=1S/C30H35N5O/c1-5-27-32-28-21(2)16-22(3)31-30(28)35(27)20-24-9-7-11-26(18-24)29(36)25-10-6-8-23(17-25)19-34-14-12-33(4)13-15-34/h6-11,16-18H,5,12-15,19-20H2,1-4H3. The van der Waals surface area contributed by atoms with E-state index in [0.29, 0.717) is 12.1 Å². The summed E-state index contributed by atoms with van der Waals surface area (Å²) in [5, 5.41) is 0. The SMILES string of the molecule is CCc1nc2c(C)cc(C)nc2n1Cc1cccc(C(=O)c2cccc(CN3CCN(C)CC3)c2)c1. The van der Waals surface area contributed by atoms with Crippen molar-refractivity contribution in [1.82, 2.24) is 24.3 Å². The lowest BCUT2D eigenvalue weighted by molar-refractivity contribution is 0.103. The third kappa shape index (κ3) is 5.11. The number of aryl methyl sites for hydroxylation is 3. The highest BCUT2D eigenvalue weighted by Crippen LogP contribution is 2.22. The van der Waals surface area contributed by atoms with E-state index in [9.17, 15) is 4.79 Å². The monoisotopic (exact) mass is 481 g/mol. The average molecular weight is 482 g/mol. The molecule has 0 N–H and O–H groups in total. The van der Waals surface area contributed by atoms with Gasteiger partial charge in [-0.15, -0.1) is 0 Å². The van der Waals surface area contributed by atoms with Crippen molar-refractivity contribution in [2.45, 2.75) is 40.3 Å². The second-order valence-electron chi connectivity index (χ2n) is 10.0. The Bertz CT molecular complexity index is 1400. The molecular weight excluding hydrogens is 446 g/mol. The van der Waals surface area contributed by atoms with Crippen LogP contribution in [0.2, 0.25) is 0 Å². The second-order valence-corrected chi connectivity index (χ2v) is 10.0. The number of carbonyl (C=O) groups excluding carboxylic acids is 1. The van der Waals surface area contributed by atoms with Crippen molar-refractivity contribution < 1.29 is 4.79 Å². The quantitative estimate of drug-likeness (QED) is 0.360. The molecule has 1 aliphatic rings. The number of piperazine rings is 1. The van der Waals surface area contributed by atoms with E-state index in [1.165, 1.54) is 5.56 Å². The lowest BCUT2D eigenvalue weighted by atomic mass is 9.99. The van der Waals surface area contributed by atoms with E-state index < -0.39 is 0 Å². The van der Waals surface area contributed by atoms with Crippen LogP contribution in [0.4, 0.5) is 0 Å². The molecule has 36 heavy (non-hydrogen) atoms. The summed E-state index contributed by atoms with van der Waals surface area (Å²) in [4.78, 5) is 27.9. The number of imidazole rings is 1. The van der Waals surface area contributed by atoms with Gasteiger partial charge < -0.3 is 9.47 Å². The maximum atomic E-state index is 13.5. The third-order valence-corrected chi connectivity index (χ3v) is 7.14. The fourth-order valence-corrected chi connectivity index (χ4v) is 5.12. The average Bonchev–Trinajstić information content (AvgIpc) is 3.23. The minimum Gasteiger partial charge on any atom is -0.308 e. The molecule has 2 aromatic carbocycles. The fraction of sp³-hybridized carbons (Fsp3) is 0.367. The van der Waals surface area contributed by atoms with Gasteiger partial charge in [0, 0.05) is 56.0 Å². The zero-order chi connectivity index (χ0) is 25.2. The molecule has 3 heterocycles. The van der Waals surface area contributed by atoms with Crippen molar-refractivity contribution in [1.29, 1.82) is 0 Å². The molecule has 0 saturated carbocycles. The molecule has 1 saturated heterocycles. The lowest BCUT2D eigenvalue weighted by Gasteiger charge is -2.32. The first kappa shape index (κ1) is 24.3. The Morgan fingerprint density at radius 3 is 2.14 bits per heavy atom. The van der Waals surface area contributed by atoms with Gasteiger partial charge in [0.2, 0.25) is 0 Å². The van der Waals surface area contributed by atoms with Crippen LogP contribution in [0.25, 0.3) is 11.2 Å². The summed E-state index contributed by atoms with van der Waals surface area (Å²) in [7, 11) is 2.17. The fourth-order valence-electron chi connectivity index (χ4n) is 5.12. The van der Waals surface area contributed by atoms with E-state index in [0.717, 1.165) is 78.5 Å². The van der Waals surface area contributed by atoms with E-state index in [4.69, 9.17) is 9.97 Å². The van der Waals surface area contributed by atoms with Gasteiger partial charge in [0.05, 0.1) is 6.54 Å². The van der Waals surface area contributed by atoms with Gasteiger partial charge in [-0.2, -0.15) is 0 Å². The highest BCUT2D eigenvalue weighted by Gasteiger charge is 2.17. The molecule has 5 rings (SSSR count). The molecule has 0 bridgehead atoms. The number of benzene rings is 2. The molecule has 6 heteroatoms. The molecule has 1 fully saturated rings. The molecule has 186 valence electrons. The van der Waals surface area contributed by atoms with E-state index >= 15 is 0 Å². The van der Waals surface area contributed by atoms with Crippen LogP contribution in [0, 0.1) is 13.8 Å². The first-order valence-electron chi connectivity index (χ1n) is 12.9. The number of pyridine rings is 1. The molecule has 0 aliphatic carbocycles. The van der Waals surface area contributed by atoms with Crippen LogP contribution in [0.15, 0.2) is 54.6 Å². The Kier molecular flexibility index (Phi) is 6.99. The summed E-state index contributed by atoms with van der Waals surface area (Å²) in [5.74, 6) is 1.08. The molecule has 2 aromatic heterocycles. The van der Waals surface area contributed by atoms with Gasteiger partial charge >= 0.3 is 0 Å². The highest BCUT2D eigenvalue weighted by atomic mass is 16.1. The minimum atomic E-state index is 0.0631. The molecule has 0 atom stereocenters. The number of rotatable bonds is 7. The Morgan fingerprint density at radius 1 is 0.861 bits per heavy atom. The largest absolute Gasteiger partial charge is 0.308 e. The molecule has 4 aromatic rings. The second kappa shape index (κ2) is 10.3. The van der Waals surface area contributed by atoms with Gasteiger partial charge in [0.25, 0.3) is 0 Å². The summed E-state index contributed by atoms with van der Waals surface area (Å²) in [6.07, 6.45) is 0.827. The van der Waals surface area contributed by atoms with Gasteiger partial charge in [0.1, 0.15) is 11.3 Å². The summed E-state index contributed by atoms with van der Waals surface area (Å²) < 4.78 is 2.19. The van der Waals surface area contributed by atoms with E-state index in [2.05, 4.69) is 59.5 Å². The van der Waals surface area contributed by atoms with Crippen LogP contribution < -0.4 is 0 Å². The van der Waals surface area contributed by atoms with Crippen LogP contribution in [0.3, 0.4) is 0 Å². The summed E-state index contributed by atoms with van der Waals surface area (Å²) in [5.41, 5.74) is 7.73. The minimum absolute atomic E-state index is 0.0631. The Labute approximate surface area is 213 Å². The van der Waals surface area contributed by atoms with Crippen molar-refractivity contribution in [3.63, 3.8) is 0 Å². The number of likely N-dealkylation sites (N-methyl/N-ethyl adjacent to an activating group) is 1. The number of nitrogens with zero attached hydrogens (tertiary/aromatic N) is 5. The number of ketones is 1. The molecule has 1 aliphatic heterocycles. The zero-order valence-electron chi connectivity index (χ0n) is 21.8. The molecular formula is C30H35N5O. The van der Waals surface area contributed by atoms with Crippen LogP contribution in [0.1, 0.15) is 51.1 Å². The van der Waals surface area contributed by atoms with Gasteiger partial charge in [-0.05, 0) is 55.8 Å². The van der Waals surface area contributed by atoms with Gasteiger partial charge in [-0.25, -0.2) is 9.97 Å². The molecule has 0 radical (unpaired) electrons. The summed E-state index contributed by atoms with van der Waals surface area (Å²) >= 11 is 0. The Hall–Kier alpha value is -3.35. The van der Waals surface area contributed by atoms with Gasteiger partial charge in [-0.1, -0.05) is 43.3 Å². The number of carbonyl (C=O) groups is 1. The van der Waals surface area contributed by atoms with Crippen LogP contribution in [-0.2, 0) is 19.5 Å². The first-order valence-corrected chi connectivity index (χ1v) is 12.9. The molecule has 0 amide bonds. The van der Waals surface area contributed by atoms with Crippen molar-refractivity contribution in [3.05, 3.63) is 93.9 Å². The maximum absolute atomic E-state index is 13.5. The Morgan fingerprint density at radius 2 is 1.50 bits per heavy atom. The van der Waals surface area contributed by atoms with Crippen LogP contribution in [-0.4, -0.2) is 63.3 Å². The first-order chi connectivity index (χ1) is 17.4.